The lowest BCUT2D eigenvalue weighted by Gasteiger charge is -2.20. The Morgan fingerprint density at radius 3 is 1.38 bits per heavy atom. The quantitative estimate of drug-likeness (QED) is 0.0230. The summed E-state index contributed by atoms with van der Waals surface area (Å²) < 4.78 is 32.8. The van der Waals surface area contributed by atoms with Crippen LogP contribution in [0.15, 0.2) is 60.8 Å². The number of rotatable bonds is 44. The summed E-state index contributed by atoms with van der Waals surface area (Å²) in [6, 6.07) is -1.53. The molecule has 0 aromatic rings. The molecule has 0 saturated carbocycles. The van der Waals surface area contributed by atoms with Gasteiger partial charge in [-0.05, 0) is 57.8 Å². The van der Waals surface area contributed by atoms with Crippen molar-refractivity contribution in [3.8, 4) is 0 Å². The number of carbonyl (C=O) groups is 3. The molecule has 0 rings (SSSR count). The number of aliphatic carboxylic acids is 1. The zero-order valence-electron chi connectivity index (χ0n) is 38.2. The maximum Gasteiger partial charge on any atom is 0.472 e. The Balaban J connectivity index is 4.36. The van der Waals surface area contributed by atoms with Crippen LogP contribution in [-0.2, 0) is 37.5 Å². The number of allylic oxidation sites excluding steroid dienone is 10. The molecule has 0 bridgehead atoms. The first-order valence-electron chi connectivity index (χ1n) is 23.8. The second-order valence-corrected chi connectivity index (χ2v) is 17.3. The van der Waals surface area contributed by atoms with Crippen LogP contribution < -0.4 is 5.73 Å². The van der Waals surface area contributed by atoms with Crippen molar-refractivity contribution in [3.63, 3.8) is 0 Å². The first kappa shape index (κ1) is 58.2. The van der Waals surface area contributed by atoms with E-state index in [4.69, 9.17) is 24.8 Å². The van der Waals surface area contributed by atoms with Gasteiger partial charge in [0.25, 0.3) is 0 Å². The molecule has 12 heteroatoms. The average molecular weight is 880 g/mol. The number of phosphoric acid groups is 1. The van der Waals surface area contributed by atoms with Gasteiger partial charge in [-0.15, -0.1) is 0 Å². The van der Waals surface area contributed by atoms with Crippen molar-refractivity contribution in [1.29, 1.82) is 0 Å². The molecule has 3 atom stereocenters. The molecule has 0 aromatic carbocycles. The van der Waals surface area contributed by atoms with Crippen LogP contribution >= 0.6 is 7.82 Å². The fraction of sp³-hybridized carbons (Fsp3) is 0.735. The van der Waals surface area contributed by atoms with E-state index in [2.05, 4.69) is 79.1 Å². The van der Waals surface area contributed by atoms with Gasteiger partial charge in [0.15, 0.2) is 6.10 Å². The largest absolute Gasteiger partial charge is 0.480 e. The summed E-state index contributed by atoms with van der Waals surface area (Å²) in [5, 5.41) is 8.91. The van der Waals surface area contributed by atoms with Crippen molar-refractivity contribution in [1.82, 2.24) is 0 Å². The Bertz CT molecular complexity index is 1260. The van der Waals surface area contributed by atoms with Crippen LogP contribution in [0, 0.1) is 0 Å². The molecule has 61 heavy (non-hydrogen) atoms. The van der Waals surface area contributed by atoms with E-state index in [-0.39, 0.29) is 19.4 Å². The normalized spacial score (nSPS) is 14.2. The average Bonchev–Trinajstić information content (AvgIpc) is 3.24. The summed E-state index contributed by atoms with van der Waals surface area (Å²) in [5.41, 5.74) is 5.34. The maximum atomic E-state index is 12.7. The van der Waals surface area contributed by atoms with E-state index < -0.39 is 51.1 Å². The van der Waals surface area contributed by atoms with Gasteiger partial charge in [0.2, 0.25) is 0 Å². The molecule has 0 heterocycles. The molecule has 352 valence electrons. The van der Waals surface area contributed by atoms with E-state index in [1.165, 1.54) is 89.9 Å². The van der Waals surface area contributed by atoms with Crippen molar-refractivity contribution >= 4 is 25.7 Å². The van der Waals surface area contributed by atoms with Crippen molar-refractivity contribution in [2.24, 2.45) is 5.73 Å². The Morgan fingerprint density at radius 1 is 0.525 bits per heavy atom. The zero-order valence-corrected chi connectivity index (χ0v) is 39.1. The van der Waals surface area contributed by atoms with Crippen LogP contribution in [0.3, 0.4) is 0 Å². The minimum Gasteiger partial charge on any atom is -0.480 e. The molecule has 0 aliphatic heterocycles. The Hall–Kier alpha value is -2.82. The number of nitrogens with two attached hydrogens (primary N) is 1. The lowest BCUT2D eigenvalue weighted by molar-refractivity contribution is -0.161. The molecule has 0 aliphatic rings. The lowest BCUT2D eigenvalue weighted by Crippen LogP contribution is -2.34. The van der Waals surface area contributed by atoms with E-state index in [9.17, 15) is 23.8 Å². The summed E-state index contributed by atoms with van der Waals surface area (Å²) in [6.07, 6.45) is 51.4. The molecule has 0 saturated heterocycles. The topological polar surface area (TPSA) is 172 Å². The van der Waals surface area contributed by atoms with Crippen LogP contribution in [-0.4, -0.2) is 59.9 Å². The maximum absolute atomic E-state index is 12.7. The predicted octanol–water partition coefficient (Wildman–Crippen LogP) is 13.1. The highest BCUT2D eigenvalue weighted by atomic mass is 31.2. The Morgan fingerprint density at radius 2 is 0.918 bits per heavy atom. The fourth-order valence-corrected chi connectivity index (χ4v) is 7.11. The first-order chi connectivity index (χ1) is 29.6. The number of hydrogen-bond donors (Lipinski definition) is 3. The molecule has 11 nitrogen and oxygen atoms in total. The molecule has 0 radical (unpaired) electrons. The van der Waals surface area contributed by atoms with E-state index >= 15 is 0 Å². The van der Waals surface area contributed by atoms with Gasteiger partial charge in [-0.1, -0.05) is 190 Å². The minimum absolute atomic E-state index is 0.121. The zero-order chi connectivity index (χ0) is 44.9. The monoisotopic (exact) mass is 880 g/mol. The minimum atomic E-state index is -4.73. The van der Waals surface area contributed by atoms with Gasteiger partial charge in [-0.3, -0.25) is 23.4 Å². The van der Waals surface area contributed by atoms with E-state index in [0.717, 1.165) is 70.6 Å². The third-order valence-corrected chi connectivity index (χ3v) is 11.0. The number of phosphoric ester groups is 1. The number of esters is 2. The third-order valence-electron chi connectivity index (χ3n) is 10.0. The molecule has 0 amide bonds. The highest BCUT2D eigenvalue weighted by molar-refractivity contribution is 7.47. The molecular weight excluding hydrogens is 794 g/mol. The summed E-state index contributed by atoms with van der Waals surface area (Å²) in [6.45, 7) is 2.67. The van der Waals surface area contributed by atoms with Crippen molar-refractivity contribution in [3.05, 3.63) is 60.8 Å². The summed E-state index contributed by atoms with van der Waals surface area (Å²) in [7, 11) is -4.73. The second kappa shape index (κ2) is 43.8. The Labute approximate surface area is 370 Å². The molecular formula is C49H86NO10P. The first-order valence-corrected chi connectivity index (χ1v) is 25.3. The highest BCUT2D eigenvalue weighted by Gasteiger charge is 2.28. The van der Waals surface area contributed by atoms with Crippen LogP contribution in [0.4, 0.5) is 0 Å². The third kappa shape index (κ3) is 43.6. The van der Waals surface area contributed by atoms with Crippen LogP contribution in [0.25, 0.3) is 0 Å². The number of carboxylic acid groups (broad SMARTS) is 1. The van der Waals surface area contributed by atoms with Gasteiger partial charge in [0.05, 0.1) is 13.2 Å². The lowest BCUT2D eigenvalue weighted by atomic mass is 10.0. The molecule has 0 spiro atoms. The molecule has 0 aliphatic carbocycles. The molecule has 0 fully saturated rings. The standard InChI is InChI=1S/C49H86NO10P/c1-3-5-7-9-11-13-15-17-19-21-23-25-27-29-31-33-35-37-39-41-48(52)60-45(43-58-61(55,56)59-44-46(50)49(53)54)42-57-47(51)40-38-36-34-32-30-28-26-24-22-20-18-16-14-12-10-8-6-4-2/h5,7,11,13,17,19,23,25,29,31,45-46H,3-4,6,8-10,12,14-16,18,20-22,24,26-28,30,32-44,50H2,1-2H3,(H,53,54)(H,55,56)/b7-5-,13-11-,19-17-,25-23-,31-29-. The number of unbranched alkanes of at least 4 members (excludes halogenated alkanes) is 20. The fourth-order valence-electron chi connectivity index (χ4n) is 6.33. The molecule has 3 unspecified atom stereocenters. The molecule has 0 aromatic heterocycles. The Kier molecular flexibility index (Phi) is 41.8. The van der Waals surface area contributed by atoms with Crippen molar-refractivity contribution in [2.45, 2.75) is 212 Å². The number of ether oxygens (including phenoxy) is 2. The van der Waals surface area contributed by atoms with E-state index in [1.807, 2.05) is 0 Å². The van der Waals surface area contributed by atoms with Gasteiger partial charge >= 0.3 is 25.7 Å². The second-order valence-electron chi connectivity index (χ2n) is 15.9. The smallest absolute Gasteiger partial charge is 0.472 e. The van der Waals surface area contributed by atoms with Crippen molar-refractivity contribution < 1.29 is 47.5 Å². The summed E-state index contributed by atoms with van der Waals surface area (Å²) >= 11 is 0. The highest BCUT2D eigenvalue weighted by Crippen LogP contribution is 2.43. The van der Waals surface area contributed by atoms with Crippen molar-refractivity contribution in [2.75, 3.05) is 19.8 Å². The van der Waals surface area contributed by atoms with E-state index in [1.54, 1.807) is 0 Å². The predicted molar refractivity (Wildman–Crippen MR) is 249 cm³/mol. The van der Waals surface area contributed by atoms with Crippen LogP contribution in [0.1, 0.15) is 200 Å². The number of carboxylic acids is 1. The summed E-state index contributed by atoms with van der Waals surface area (Å²) in [4.78, 5) is 46.1. The number of carbonyl (C=O) groups excluding carboxylic acids is 2. The van der Waals surface area contributed by atoms with Crippen LogP contribution in [0.5, 0.6) is 0 Å². The van der Waals surface area contributed by atoms with Gasteiger partial charge in [-0.25, -0.2) is 4.57 Å². The SMILES string of the molecule is CC/C=C\C/C=C\C/C=C\C/C=C\C/C=C\CCCCCC(=O)OC(COC(=O)CCCCCCCCCCCCCCCCCCCC)COP(=O)(O)OCC(N)C(=O)O. The summed E-state index contributed by atoms with van der Waals surface area (Å²) in [5.74, 6) is -2.42. The van der Waals surface area contributed by atoms with Crippen LogP contribution in [0.2, 0.25) is 0 Å². The molecule has 4 N–H and O–H groups in total. The van der Waals surface area contributed by atoms with Gasteiger partial charge < -0.3 is 25.2 Å². The van der Waals surface area contributed by atoms with Gasteiger partial charge in [-0.2, -0.15) is 0 Å². The van der Waals surface area contributed by atoms with Gasteiger partial charge in [0.1, 0.15) is 12.6 Å². The van der Waals surface area contributed by atoms with Gasteiger partial charge in [0, 0.05) is 12.8 Å². The van der Waals surface area contributed by atoms with E-state index in [0.29, 0.717) is 12.8 Å². The number of hydrogen-bond acceptors (Lipinski definition) is 9.